The van der Waals surface area contributed by atoms with Gasteiger partial charge in [0, 0.05) is 9.58 Å². The van der Waals surface area contributed by atoms with E-state index in [1.54, 1.807) is 11.3 Å². The van der Waals surface area contributed by atoms with Gasteiger partial charge >= 0.3 is 0 Å². The first-order valence-corrected chi connectivity index (χ1v) is 7.21. The van der Waals surface area contributed by atoms with Crippen LogP contribution in [0.15, 0.2) is 48.5 Å². The average Bonchev–Trinajstić information content (AvgIpc) is 2.78. The maximum Gasteiger partial charge on any atom is 0.122 e. The quantitative estimate of drug-likeness (QED) is 0.642. The molecule has 0 saturated heterocycles. The van der Waals surface area contributed by atoms with Crippen molar-refractivity contribution in [2.45, 2.75) is 20.5 Å². The summed E-state index contributed by atoms with van der Waals surface area (Å²) in [6, 6.07) is 17.0. The number of aryl methyl sites for hydroxylation is 2. The molecule has 2 aromatic carbocycles. The maximum absolute atomic E-state index is 5.84. The van der Waals surface area contributed by atoms with E-state index in [-0.39, 0.29) is 0 Å². The summed E-state index contributed by atoms with van der Waals surface area (Å²) in [5.41, 5.74) is 2.53. The van der Waals surface area contributed by atoms with Crippen LogP contribution in [0.1, 0.15) is 16.0 Å². The molecule has 0 aliphatic carbocycles. The molecule has 0 bridgehead atoms. The molecule has 0 fully saturated rings. The zero-order chi connectivity index (χ0) is 13.2. The van der Waals surface area contributed by atoms with E-state index in [1.807, 2.05) is 12.1 Å². The van der Waals surface area contributed by atoms with E-state index in [2.05, 4.69) is 50.2 Å². The van der Waals surface area contributed by atoms with Gasteiger partial charge in [-0.15, -0.1) is 11.3 Å². The SMILES string of the molecule is Cc1cccc(OCc2cc3cc(C)ccc3s2)c1. The summed E-state index contributed by atoms with van der Waals surface area (Å²) >= 11 is 1.80. The highest BCUT2D eigenvalue weighted by Gasteiger charge is 2.03. The van der Waals surface area contributed by atoms with Gasteiger partial charge in [0.15, 0.2) is 0 Å². The second kappa shape index (κ2) is 5.06. The van der Waals surface area contributed by atoms with Gasteiger partial charge in [-0.1, -0.05) is 29.8 Å². The highest BCUT2D eigenvalue weighted by molar-refractivity contribution is 7.19. The van der Waals surface area contributed by atoms with Crippen molar-refractivity contribution in [2.24, 2.45) is 0 Å². The molecular formula is C17H16OS. The van der Waals surface area contributed by atoms with Crippen molar-refractivity contribution in [2.75, 3.05) is 0 Å². The molecule has 0 unspecified atom stereocenters. The van der Waals surface area contributed by atoms with Crippen LogP contribution in [0.2, 0.25) is 0 Å². The first-order chi connectivity index (χ1) is 9.20. The van der Waals surface area contributed by atoms with Crippen molar-refractivity contribution in [1.82, 2.24) is 0 Å². The van der Waals surface area contributed by atoms with Gasteiger partial charge in [0.05, 0.1) is 0 Å². The molecule has 19 heavy (non-hydrogen) atoms. The Balaban J connectivity index is 1.78. The molecule has 3 aromatic rings. The minimum Gasteiger partial charge on any atom is -0.488 e. The summed E-state index contributed by atoms with van der Waals surface area (Å²) in [5, 5.41) is 1.31. The number of fused-ring (bicyclic) bond motifs is 1. The predicted octanol–water partition coefficient (Wildman–Crippen LogP) is 5.10. The fourth-order valence-electron chi connectivity index (χ4n) is 2.15. The summed E-state index contributed by atoms with van der Waals surface area (Å²) in [5.74, 6) is 0.939. The summed E-state index contributed by atoms with van der Waals surface area (Å²) in [6.45, 7) is 4.84. The van der Waals surface area contributed by atoms with Gasteiger partial charge in [0.2, 0.25) is 0 Å². The summed E-state index contributed by atoms with van der Waals surface area (Å²) in [6.07, 6.45) is 0. The van der Waals surface area contributed by atoms with Crippen LogP contribution in [0.25, 0.3) is 10.1 Å². The van der Waals surface area contributed by atoms with Gasteiger partial charge in [0.25, 0.3) is 0 Å². The Hall–Kier alpha value is -1.80. The number of hydrogen-bond acceptors (Lipinski definition) is 2. The Morgan fingerprint density at radius 1 is 0.947 bits per heavy atom. The van der Waals surface area contributed by atoms with E-state index in [0.29, 0.717) is 6.61 Å². The van der Waals surface area contributed by atoms with Crippen LogP contribution >= 0.6 is 11.3 Å². The topological polar surface area (TPSA) is 9.23 Å². The number of benzene rings is 2. The molecule has 0 aliphatic heterocycles. The van der Waals surface area contributed by atoms with Crippen LogP contribution in [-0.2, 0) is 6.61 Å². The third-order valence-electron chi connectivity index (χ3n) is 3.09. The van der Waals surface area contributed by atoms with Gasteiger partial charge in [-0.05, 0) is 49.1 Å². The van der Waals surface area contributed by atoms with Crippen LogP contribution in [-0.4, -0.2) is 0 Å². The molecule has 0 amide bonds. The minimum atomic E-state index is 0.641. The number of ether oxygens (including phenoxy) is 1. The molecule has 3 rings (SSSR count). The third kappa shape index (κ3) is 2.79. The smallest absolute Gasteiger partial charge is 0.122 e. The van der Waals surface area contributed by atoms with Crippen molar-refractivity contribution < 1.29 is 4.74 Å². The molecule has 0 radical (unpaired) electrons. The lowest BCUT2D eigenvalue weighted by molar-refractivity contribution is 0.309. The molecule has 1 nitrogen and oxygen atoms in total. The third-order valence-corrected chi connectivity index (χ3v) is 4.18. The van der Waals surface area contributed by atoms with E-state index in [1.165, 1.54) is 26.1 Å². The van der Waals surface area contributed by atoms with Crippen LogP contribution in [0, 0.1) is 13.8 Å². The second-order valence-corrected chi connectivity index (χ2v) is 6.03. The number of thiophene rings is 1. The molecule has 0 saturated carbocycles. The van der Waals surface area contributed by atoms with E-state index in [0.717, 1.165) is 5.75 Å². The Morgan fingerprint density at radius 2 is 1.79 bits per heavy atom. The molecule has 96 valence electrons. The first kappa shape index (κ1) is 12.2. The highest BCUT2D eigenvalue weighted by Crippen LogP contribution is 2.27. The minimum absolute atomic E-state index is 0.641. The second-order valence-electron chi connectivity index (χ2n) is 4.86. The molecule has 0 atom stereocenters. The largest absolute Gasteiger partial charge is 0.488 e. The lowest BCUT2D eigenvalue weighted by Gasteiger charge is -2.04. The molecule has 0 aliphatic rings. The van der Waals surface area contributed by atoms with Crippen molar-refractivity contribution in [1.29, 1.82) is 0 Å². The van der Waals surface area contributed by atoms with Gasteiger partial charge in [0.1, 0.15) is 12.4 Å². The molecule has 2 heteroatoms. The lowest BCUT2D eigenvalue weighted by atomic mass is 10.2. The summed E-state index contributed by atoms with van der Waals surface area (Å²) < 4.78 is 7.17. The fourth-order valence-corrected chi connectivity index (χ4v) is 3.11. The predicted molar refractivity (Wildman–Crippen MR) is 82.1 cm³/mol. The fraction of sp³-hybridized carbons (Fsp3) is 0.176. The number of hydrogen-bond donors (Lipinski definition) is 0. The van der Waals surface area contributed by atoms with Crippen LogP contribution in [0.4, 0.5) is 0 Å². The normalized spacial score (nSPS) is 10.8. The van der Waals surface area contributed by atoms with Crippen LogP contribution < -0.4 is 4.74 Å². The number of rotatable bonds is 3. The van der Waals surface area contributed by atoms with E-state index >= 15 is 0 Å². The molecule has 1 heterocycles. The Kier molecular flexibility index (Phi) is 3.26. The van der Waals surface area contributed by atoms with Crippen molar-refractivity contribution in [3.05, 3.63) is 64.5 Å². The average molecular weight is 268 g/mol. The molecular weight excluding hydrogens is 252 g/mol. The van der Waals surface area contributed by atoms with E-state index in [9.17, 15) is 0 Å². The first-order valence-electron chi connectivity index (χ1n) is 6.39. The summed E-state index contributed by atoms with van der Waals surface area (Å²) in [7, 11) is 0. The van der Waals surface area contributed by atoms with Gasteiger partial charge in [-0.2, -0.15) is 0 Å². The molecule has 1 aromatic heterocycles. The van der Waals surface area contributed by atoms with Gasteiger partial charge < -0.3 is 4.74 Å². The lowest BCUT2D eigenvalue weighted by Crippen LogP contribution is -1.92. The van der Waals surface area contributed by atoms with Crippen molar-refractivity contribution >= 4 is 21.4 Å². The monoisotopic (exact) mass is 268 g/mol. The zero-order valence-electron chi connectivity index (χ0n) is 11.1. The van der Waals surface area contributed by atoms with E-state index < -0.39 is 0 Å². The molecule has 0 N–H and O–H groups in total. The highest BCUT2D eigenvalue weighted by atomic mass is 32.1. The Bertz CT molecular complexity index is 712. The standard InChI is InChI=1S/C17H16OS/c1-12-4-3-5-15(9-12)18-11-16-10-14-8-13(2)6-7-17(14)19-16/h3-10H,11H2,1-2H3. The van der Waals surface area contributed by atoms with Crippen molar-refractivity contribution in [3.63, 3.8) is 0 Å². The van der Waals surface area contributed by atoms with Gasteiger partial charge in [-0.25, -0.2) is 0 Å². The van der Waals surface area contributed by atoms with E-state index in [4.69, 9.17) is 4.74 Å². The van der Waals surface area contributed by atoms with Crippen LogP contribution in [0.5, 0.6) is 5.75 Å². The Morgan fingerprint density at radius 3 is 2.63 bits per heavy atom. The molecule has 0 spiro atoms. The van der Waals surface area contributed by atoms with Crippen LogP contribution in [0.3, 0.4) is 0 Å². The summed E-state index contributed by atoms with van der Waals surface area (Å²) in [4.78, 5) is 1.27. The van der Waals surface area contributed by atoms with Crippen molar-refractivity contribution in [3.8, 4) is 5.75 Å². The Labute approximate surface area is 117 Å². The zero-order valence-corrected chi connectivity index (χ0v) is 12.0. The van der Waals surface area contributed by atoms with Gasteiger partial charge in [-0.3, -0.25) is 0 Å². The maximum atomic E-state index is 5.84.